The predicted octanol–water partition coefficient (Wildman–Crippen LogP) is 5.45. The Labute approximate surface area is 207 Å². The van der Waals surface area contributed by atoms with Crippen LogP contribution < -0.4 is 5.73 Å². The summed E-state index contributed by atoms with van der Waals surface area (Å²) in [5, 5.41) is 0. The highest BCUT2D eigenvalue weighted by atomic mass is 16.1. The van der Waals surface area contributed by atoms with E-state index in [1.54, 1.807) is 0 Å². The molecule has 2 heterocycles. The topological polar surface area (TPSA) is 75.0 Å². The molecule has 0 aliphatic carbocycles. The Kier molecular flexibility index (Phi) is 6.51. The van der Waals surface area contributed by atoms with Gasteiger partial charge in [-0.05, 0) is 53.1 Å². The molecule has 0 radical (unpaired) electrons. The first-order valence-electron chi connectivity index (χ1n) is 12.5. The molecule has 5 nitrogen and oxygen atoms in total. The van der Waals surface area contributed by atoms with Crippen LogP contribution in [0.25, 0.3) is 11.4 Å². The molecule has 3 aromatic carbocycles. The van der Waals surface area contributed by atoms with Gasteiger partial charge in [-0.1, -0.05) is 74.5 Å². The van der Waals surface area contributed by atoms with Crippen molar-refractivity contribution in [1.82, 2.24) is 14.9 Å². The number of fused-ring (bicyclic) bond motifs is 1. The third-order valence-electron chi connectivity index (χ3n) is 7.17. The standard InChI is InChI=1S/C30H32N4O/c1-3-23-24(4-2)27(29(31)35)15-14-26(23)28-25-13-9-8-10-20(25)16-17-34(28)19-22-18-32-30(33-22)21-11-6-5-7-12-21/h5-15,18,28H,3-4,16-17,19H2,1-2H3,(H2,31,35)(H,32,33). The molecule has 1 aromatic heterocycles. The van der Waals surface area contributed by atoms with Gasteiger partial charge in [0.2, 0.25) is 5.91 Å². The first-order valence-corrected chi connectivity index (χ1v) is 12.5. The summed E-state index contributed by atoms with van der Waals surface area (Å²) >= 11 is 0. The van der Waals surface area contributed by atoms with Crippen LogP contribution in [0.3, 0.4) is 0 Å². The van der Waals surface area contributed by atoms with Crippen LogP contribution >= 0.6 is 0 Å². The lowest BCUT2D eigenvalue weighted by atomic mass is 9.82. The van der Waals surface area contributed by atoms with E-state index in [9.17, 15) is 4.79 Å². The van der Waals surface area contributed by atoms with Crippen molar-refractivity contribution in [3.63, 3.8) is 0 Å². The van der Waals surface area contributed by atoms with Crippen molar-refractivity contribution in [1.29, 1.82) is 0 Å². The minimum atomic E-state index is -0.352. The van der Waals surface area contributed by atoms with Gasteiger partial charge in [-0.2, -0.15) is 0 Å². The average molecular weight is 465 g/mol. The Balaban J connectivity index is 1.57. The monoisotopic (exact) mass is 464 g/mol. The molecule has 1 amide bonds. The Bertz CT molecular complexity index is 1340. The number of rotatable bonds is 7. The Morgan fingerprint density at radius 1 is 0.971 bits per heavy atom. The molecule has 1 aliphatic rings. The summed E-state index contributed by atoms with van der Waals surface area (Å²) in [6.45, 7) is 5.99. The van der Waals surface area contributed by atoms with Gasteiger partial charge in [0.1, 0.15) is 5.82 Å². The molecule has 0 saturated heterocycles. The van der Waals surface area contributed by atoms with Gasteiger partial charge in [0.25, 0.3) is 0 Å². The number of benzene rings is 3. The first-order chi connectivity index (χ1) is 17.1. The zero-order valence-corrected chi connectivity index (χ0v) is 20.4. The quantitative estimate of drug-likeness (QED) is 0.382. The molecule has 3 N–H and O–H groups in total. The maximum absolute atomic E-state index is 12.2. The highest BCUT2D eigenvalue weighted by Gasteiger charge is 2.31. The number of carbonyl (C=O) groups is 1. The Hall–Kier alpha value is -3.70. The molecule has 4 aromatic rings. The third kappa shape index (κ3) is 4.40. The second-order valence-corrected chi connectivity index (χ2v) is 9.18. The van der Waals surface area contributed by atoms with Gasteiger partial charge < -0.3 is 10.7 Å². The average Bonchev–Trinajstić information content (AvgIpc) is 3.36. The number of primary amides is 1. The van der Waals surface area contributed by atoms with Gasteiger partial charge in [0, 0.05) is 36.1 Å². The molecule has 35 heavy (non-hydrogen) atoms. The number of aromatic nitrogens is 2. The van der Waals surface area contributed by atoms with Crippen LogP contribution in [0.15, 0.2) is 72.9 Å². The number of hydrogen-bond acceptors (Lipinski definition) is 3. The fourth-order valence-electron chi connectivity index (χ4n) is 5.57. The number of aromatic amines is 1. The van der Waals surface area contributed by atoms with Crippen LogP contribution in [-0.4, -0.2) is 27.3 Å². The molecule has 1 atom stereocenters. The summed E-state index contributed by atoms with van der Waals surface area (Å²) < 4.78 is 0. The smallest absolute Gasteiger partial charge is 0.248 e. The van der Waals surface area contributed by atoms with E-state index in [4.69, 9.17) is 5.73 Å². The van der Waals surface area contributed by atoms with E-state index in [0.717, 1.165) is 55.0 Å². The Morgan fingerprint density at radius 2 is 1.71 bits per heavy atom. The van der Waals surface area contributed by atoms with Crippen LogP contribution in [0.4, 0.5) is 0 Å². The lowest BCUT2D eigenvalue weighted by Crippen LogP contribution is -2.36. The fourth-order valence-corrected chi connectivity index (χ4v) is 5.57. The van der Waals surface area contributed by atoms with Gasteiger partial charge in [0.15, 0.2) is 0 Å². The maximum Gasteiger partial charge on any atom is 0.248 e. The number of nitrogens with one attached hydrogen (secondary N) is 1. The minimum Gasteiger partial charge on any atom is -0.366 e. The van der Waals surface area contributed by atoms with Crippen molar-refractivity contribution in [2.45, 2.75) is 45.7 Å². The number of carbonyl (C=O) groups excluding carboxylic acids is 1. The van der Waals surface area contributed by atoms with E-state index in [1.807, 2.05) is 30.5 Å². The number of amides is 1. The summed E-state index contributed by atoms with van der Waals surface area (Å²) in [6, 6.07) is 23.1. The molecule has 1 unspecified atom stereocenters. The van der Waals surface area contributed by atoms with Crippen LogP contribution in [0.1, 0.15) is 63.8 Å². The highest BCUT2D eigenvalue weighted by Crippen LogP contribution is 2.39. The number of hydrogen-bond donors (Lipinski definition) is 2. The number of nitrogens with zero attached hydrogens (tertiary/aromatic N) is 2. The second-order valence-electron chi connectivity index (χ2n) is 9.18. The lowest BCUT2D eigenvalue weighted by Gasteiger charge is -2.39. The first kappa shape index (κ1) is 23.1. The zero-order valence-electron chi connectivity index (χ0n) is 20.4. The van der Waals surface area contributed by atoms with Crippen molar-refractivity contribution in [3.05, 3.63) is 112 Å². The van der Waals surface area contributed by atoms with Crippen molar-refractivity contribution in [2.75, 3.05) is 6.54 Å². The predicted molar refractivity (Wildman–Crippen MR) is 140 cm³/mol. The van der Waals surface area contributed by atoms with Gasteiger partial charge >= 0.3 is 0 Å². The number of nitrogens with two attached hydrogens (primary N) is 1. The summed E-state index contributed by atoms with van der Waals surface area (Å²) in [4.78, 5) is 22.9. The molecule has 0 fully saturated rings. The zero-order chi connectivity index (χ0) is 24.4. The van der Waals surface area contributed by atoms with Gasteiger partial charge in [0.05, 0.1) is 6.04 Å². The van der Waals surface area contributed by atoms with Crippen LogP contribution in [0.5, 0.6) is 0 Å². The molecule has 0 spiro atoms. The SMILES string of the molecule is CCc1c(C(N)=O)ccc(C2c3ccccc3CCN2Cc2cnc(-c3ccccc3)[nH]2)c1CC. The van der Waals surface area contributed by atoms with Gasteiger partial charge in [-0.15, -0.1) is 0 Å². The number of imidazole rings is 1. The summed E-state index contributed by atoms with van der Waals surface area (Å²) in [5.41, 5.74) is 14.9. The molecule has 1 aliphatic heterocycles. The van der Waals surface area contributed by atoms with E-state index < -0.39 is 0 Å². The van der Waals surface area contributed by atoms with Crippen molar-refractivity contribution in [2.24, 2.45) is 5.73 Å². The largest absolute Gasteiger partial charge is 0.366 e. The molecule has 5 heteroatoms. The van der Waals surface area contributed by atoms with Crippen LogP contribution in [0.2, 0.25) is 0 Å². The molecule has 0 bridgehead atoms. The summed E-state index contributed by atoms with van der Waals surface area (Å²) in [5.74, 6) is 0.540. The van der Waals surface area contributed by atoms with Crippen molar-refractivity contribution in [3.8, 4) is 11.4 Å². The molecular formula is C30H32N4O. The second kappa shape index (κ2) is 9.88. The van der Waals surface area contributed by atoms with Crippen LogP contribution in [0, 0.1) is 0 Å². The van der Waals surface area contributed by atoms with E-state index >= 15 is 0 Å². The van der Waals surface area contributed by atoms with Crippen LogP contribution in [-0.2, 0) is 25.8 Å². The van der Waals surface area contributed by atoms with E-state index in [0.29, 0.717) is 5.56 Å². The van der Waals surface area contributed by atoms with Crippen molar-refractivity contribution >= 4 is 5.91 Å². The fraction of sp³-hybridized carbons (Fsp3) is 0.267. The lowest BCUT2D eigenvalue weighted by molar-refractivity contribution is 0.0999. The van der Waals surface area contributed by atoms with Gasteiger partial charge in [-0.25, -0.2) is 4.98 Å². The highest BCUT2D eigenvalue weighted by molar-refractivity contribution is 5.95. The van der Waals surface area contributed by atoms with E-state index in [-0.39, 0.29) is 11.9 Å². The summed E-state index contributed by atoms with van der Waals surface area (Å²) in [6.07, 6.45) is 4.60. The molecule has 5 rings (SSSR count). The van der Waals surface area contributed by atoms with Gasteiger partial charge in [-0.3, -0.25) is 9.69 Å². The number of H-pyrrole nitrogens is 1. The van der Waals surface area contributed by atoms with Crippen molar-refractivity contribution < 1.29 is 4.79 Å². The van der Waals surface area contributed by atoms with E-state index in [1.165, 1.54) is 22.3 Å². The molecule has 178 valence electrons. The summed E-state index contributed by atoms with van der Waals surface area (Å²) in [7, 11) is 0. The third-order valence-corrected chi connectivity index (χ3v) is 7.17. The minimum absolute atomic E-state index is 0.102. The molecular weight excluding hydrogens is 432 g/mol. The Morgan fingerprint density at radius 3 is 2.46 bits per heavy atom. The normalized spacial score (nSPS) is 15.7. The maximum atomic E-state index is 12.2. The molecule has 0 saturated carbocycles. The van der Waals surface area contributed by atoms with E-state index in [2.05, 4.69) is 71.2 Å².